The monoisotopic (exact) mass is 476 g/mol. The lowest BCUT2D eigenvalue weighted by Crippen LogP contribution is -2.44. The van der Waals surface area contributed by atoms with Crippen LogP contribution in [0.4, 0.5) is 5.69 Å². The third kappa shape index (κ3) is 7.19. The number of hydrogen-bond donors (Lipinski definition) is 2. The van der Waals surface area contributed by atoms with Gasteiger partial charge in [-0.25, -0.2) is 0 Å². The predicted octanol–water partition coefficient (Wildman–Crippen LogP) is 2.87. The molecule has 2 rings (SSSR count). The molecule has 0 aliphatic carbocycles. The van der Waals surface area contributed by atoms with Crippen LogP contribution in [0.15, 0.2) is 29.3 Å². The van der Waals surface area contributed by atoms with E-state index in [2.05, 4.69) is 32.7 Å². The van der Waals surface area contributed by atoms with Gasteiger partial charge in [-0.05, 0) is 37.8 Å². The van der Waals surface area contributed by atoms with Crippen molar-refractivity contribution in [3.05, 3.63) is 24.3 Å². The van der Waals surface area contributed by atoms with Gasteiger partial charge < -0.3 is 25.0 Å². The second-order valence-electron chi connectivity index (χ2n) is 6.30. The molecule has 26 heavy (non-hydrogen) atoms. The molecule has 1 heterocycles. The van der Waals surface area contributed by atoms with Crippen molar-refractivity contribution in [3.8, 4) is 5.75 Å². The maximum atomic E-state index is 5.48. The van der Waals surface area contributed by atoms with Crippen LogP contribution in [0.1, 0.15) is 25.7 Å². The average Bonchev–Trinajstić information content (AvgIpc) is 3.11. The van der Waals surface area contributed by atoms with Gasteiger partial charge in [0.15, 0.2) is 5.96 Å². The molecule has 148 valence electrons. The van der Waals surface area contributed by atoms with Crippen LogP contribution in [-0.2, 0) is 4.74 Å². The van der Waals surface area contributed by atoms with Gasteiger partial charge in [-0.3, -0.25) is 4.99 Å². The minimum atomic E-state index is 0. The molecule has 0 radical (unpaired) electrons. The van der Waals surface area contributed by atoms with Crippen LogP contribution in [0.5, 0.6) is 5.75 Å². The van der Waals surface area contributed by atoms with Gasteiger partial charge in [-0.15, -0.1) is 24.0 Å². The summed E-state index contributed by atoms with van der Waals surface area (Å²) >= 11 is 0. The van der Waals surface area contributed by atoms with Crippen molar-refractivity contribution in [2.45, 2.75) is 31.7 Å². The van der Waals surface area contributed by atoms with E-state index in [-0.39, 0.29) is 24.0 Å². The molecule has 0 amide bonds. The maximum Gasteiger partial charge on any atom is 0.191 e. The zero-order valence-electron chi connectivity index (χ0n) is 16.2. The van der Waals surface area contributed by atoms with Gasteiger partial charge in [-0.1, -0.05) is 12.1 Å². The number of anilines is 1. The molecular weight excluding hydrogens is 443 g/mol. The first kappa shape index (κ1) is 22.8. The lowest BCUT2D eigenvalue weighted by molar-refractivity contribution is 0.192. The van der Waals surface area contributed by atoms with E-state index in [1.54, 1.807) is 14.2 Å². The number of ether oxygens (including phenoxy) is 2. The molecule has 0 spiro atoms. The van der Waals surface area contributed by atoms with Crippen molar-refractivity contribution in [1.82, 2.24) is 10.6 Å². The molecule has 1 unspecified atom stereocenters. The van der Waals surface area contributed by atoms with E-state index in [1.165, 1.54) is 6.42 Å². The summed E-state index contributed by atoms with van der Waals surface area (Å²) in [5.74, 6) is 1.82. The van der Waals surface area contributed by atoms with Crippen molar-refractivity contribution < 1.29 is 9.47 Å². The minimum absolute atomic E-state index is 0. The lowest BCUT2D eigenvalue weighted by Gasteiger charge is -2.22. The summed E-state index contributed by atoms with van der Waals surface area (Å²) in [6, 6.07) is 8.59. The normalized spacial score (nSPS) is 17.0. The Kier molecular flexibility index (Phi) is 11.4. The molecule has 2 N–H and O–H groups in total. The van der Waals surface area contributed by atoms with E-state index in [9.17, 15) is 0 Å². The minimum Gasteiger partial charge on any atom is -0.495 e. The Morgan fingerprint density at radius 1 is 1.23 bits per heavy atom. The summed E-state index contributed by atoms with van der Waals surface area (Å²) in [6.45, 7) is 3.75. The highest BCUT2D eigenvalue weighted by molar-refractivity contribution is 14.0. The number of nitrogens with one attached hydrogen (secondary N) is 2. The van der Waals surface area contributed by atoms with Crippen LogP contribution in [0.25, 0.3) is 0 Å². The van der Waals surface area contributed by atoms with Crippen LogP contribution in [0.3, 0.4) is 0 Å². The number of halogens is 1. The molecule has 1 fully saturated rings. The van der Waals surface area contributed by atoms with Crippen molar-refractivity contribution in [2.24, 2.45) is 4.99 Å². The van der Waals surface area contributed by atoms with Crippen LogP contribution in [0.2, 0.25) is 0 Å². The van der Waals surface area contributed by atoms with Crippen molar-refractivity contribution in [1.29, 1.82) is 0 Å². The molecule has 0 bridgehead atoms. The molecule has 1 aromatic rings. The molecule has 0 aromatic heterocycles. The van der Waals surface area contributed by atoms with Gasteiger partial charge in [0.1, 0.15) is 5.75 Å². The van der Waals surface area contributed by atoms with Crippen molar-refractivity contribution in [3.63, 3.8) is 0 Å². The second-order valence-corrected chi connectivity index (χ2v) is 6.30. The third-order valence-corrected chi connectivity index (χ3v) is 4.50. The first-order valence-corrected chi connectivity index (χ1v) is 9.12. The number of unbranched alkanes of at least 4 members (excludes halogenated alkanes) is 2. The zero-order chi connectivity index (χ0) is 17.9. The molecule has 0 saturated carbocycles. The summed E-state index contributed by atoms with van der Waals surface area (Å²) in [6.07, 6.45) is 4.50. The fourth-order valence-corrected chi connectivity index (χ4v) is 3.13. The van der Waals surface area contributed by atoms with Gasteiger partial charge in [0.25, 0.3) is 0 Å². The standard InChI is InChI=1S/C19H32N4O2.HI/c1-20-19(21-12-7-4-8-14-24-2)22-16-11-13-23(15-16)17-9-5-6-10-18(17)25-3;/h5-6,9-10,16H,4,7-8,11-15H2,1-3H3,(H2,20,21,22);1H. The van der Waals surface area contributed by atoms with Crippen molar-refractivity contribution >= 4 is 35.6 Å². The Balaban J connectivity index is 0.00000338. The number of nitrogens with zero attached hydrogens (tertiary/aromatic N) is 2. The Bertz CT molecular complexity index is 542. The number of rotatable bonds is 9. The van der Waals surface area contributed by atoms with Crippen LogP contribution in [-0.4, -0.2) is 59.5 Å². The molecule has 1 aliphatic heterocycles. The average molecular weight is 476 g/mol. The Morgan fingerprint density at radius 2 is 2.04 bits per heavy atom. The second kappa shape index (κ2) is 13.0. The quantitative estimate of drug-likeness (QED) is 0.249. The third-order valence-electron chi connectivity index (χ3n) is 4.50. The number of aliphatic imine (C=N–C) groups is 1. The number of para-hydroxylation sites is 2. The van der Waals surface area contributed by atoms with E-state index in [4.69, 9.17) is 9.47 Å². The highest BCUT2D eigenvalue weighted by atomic mass is 127. The van der Waals surface area contributed by atoms with E-state index in [1.807, 2.05) is 19.2 Å². The first-order valence-electron chi connectivity index (χ1n) is 9.12. The van der Waals surface area contributed by atoms with Crippen LogP contribution in [0, 0.1) is 0 Å². The molecule has 7 heteroatoms. The van der Waals surface area contributed by atoms with Gasteiger partial charge in [-0.2, -0.15) is 0 Å². The van der Waals surface area contributed by atoms with Gasteiger partial charge in [0.2, 0.25) is 0 Å². The molecule has 1 aromatic carbocycles. The zero-order valence-corrected chi connectivity index (χ0v) is 18.5. The van der Waals surface area contributed by atoms with E-state index < -0.39 is 0 Å². The summed E-state index contributed by atoms with van der Waals surface area (Å²) in [4.78, 5) is 6.71. The smallest absolute Gasteiger partial charge is 0.191 e. The summed E-state index contributed by atoms with van der Waals surface area (Å²) in [5, 5.41) is 6.94. The highest BCUT2D eigenvalue weighted by Crippen LogP contribution is 2.30. The first-order chi connectivity index (χ1) is 12.3. The Labute approximate surface area is 174 Å². The lowest BCUT2D eigenvalue weighted by atomic mass is 10.2. The van der Waals surface area contributed by atoms with Gasteiger partial charge >= 0.3 is 0 Å². The van der Waals surface area contributed by atoms with Gasteiger partial charge in [0, 0.05) is 46.4 Å². The van der Waals surface area contributed by atoms with Crippen molar-refractivity contribution in [2.75, 3.05) is 52.4 Å². The predicted molar refractivity (Wildman–Crippen MR) is 119 cm³/mol. The highest BCUT2D eigenvalue weighted by Gasteiger charge is 2.25. The Hall–Kier alpha value is -1.22. The number of benzene rings is 1. The SMILES string of the molecule is CN=C(NCCCCCOC)NC1CCN(c2ccccc2OC)C1.I. The fraction of sp³-hybridized carbons (Fsp3) is 0.632. The van der Waals surface area contributed by atoms with Crippen LogP contribution < -0.4 is 20.3 Å². The summed E-state index contributed by atoms with van der Waals surface area (Å²) in [7, 11) is 5.30. The Morgan fingerprint density at radius 3 is 2.77 bits per heavy atom. The summed E-state index contributed by atoms with van der Waals surface area (Å²) < 4.78 is 10.6. The van der Waals surface area contributed by atoms with E-state index in [0.717, 1.165) is 62.9 Å². The molecule has 6 nitrogen and oxygen atoms in total. The fourth-order valence-electron chi connectivity index (χ4n) is 3.13. The van der Waals surface area contributed by atoms with E-state index >= 15 is 0 Å². The van der Waals surface area contributed by atoms with Crippen LogP contribution >= 0.6 is 24.0 Å². The number of methoxy groups -OCH3 is 2. The molecular formula is C19H33IN4O2. The topological polar surface area (TPSA) is 58.1 Å². The molecule has 1 saturated heterocycles. The maximum absolute atomic E-state index is 5.48. The molecule has 1 atom stereocenters. The number of guanidine groups is 1. The van der Waals surface area contributed by atoms with Gasteiger partial charge in [0.05, 0.1) is 12.8 Å². The molecule has 1 aliphatic rings. The number of hydrogen-bond acceptors (Lipinski definition) is 4. The summed E-state index contributed by atoms with van der Waals surface area (Å²) in [5.41, 5.74) is 1.16. The largest absolute Gasteiger partial charge is 0.495 e. The van der Waals surface area contributed by atoms with E-state index in [0.29, 0.717) is 6.04 Å².